The van der Waals surface area contributed by atoms with Gasteiger partial charge in [-0.3, -0.25) is 0 Å². The lowest BCUT2D eigenvalue weighted by Crippen LogP contribution is -2.21. The number of rotatable bonds is 10. The predicted molar refractivity (Wildman–Crippen MR) is 78.2 cm³/mol. The molecule has 1 aromatic rings. The van der Waals surface area contributed by atoms with Crippen molar-refractivity contribution in [2.75, 3.05) is 32.9 Å². The molecule has 0 bridgehead atoms. The van der Waals surface area contributed by atoms with E-state index in [0.717, 1.165) is 29.9 Å². The van der Waals surface area contributed by atoms with Crippen molar-refractivity contribution in [3.8, 4) is 5.75 Å². The second kappa shape index (κ2) is 10.4. The third-order valence-electron chi connectivity index (χ3n) is 2.45. The largest absolute Gasteiger partial charge is 0.490 e. The lowest BCUT2D eigenvalue weighted by atomic mass is 10.3. The average Bonchev–Trinajstić information content (AvgIpc) is 2.39. The van der Waals surface area contributed by atoms with Crippen LogP contribution in [0.5, 0.6) is 5.75 Å². The van der Waals surface area contributed by atoms with Crippen LogP contribution in [-0.2, 0) is 4.74 Å². The maximum Gasteiger partial charge on any atom is 0.133 e. The van der Waals surface area contributed by atoms with E-state index in [0.29, 0.717) is 13.2 Å². The Morgan fingerprint density at radius 3 is 2.72 bits per heavy atom. The van der Waals surface area contributed by atoms with Crippen LogP contribution in [0.15, 0.2) is 28.7 Å². The molecule has 0 amide bonds. The molecule has 0 atom stereocenters. The van der Waals surface area contributed by atoms with Gasteiger partial charge >= 0.3 is 0 Å². The van der Waals surface area contributed by atoms with Crippen molar-refractivity contribution in [1.29, 1.82) is 0 Å². The minimum Gasteiger partial charge on any atom is -0.490 e. The van der Waals surface area contributed by atoms with Gasteiger partial charge in [-0.25, -0.2) is 0 Å². The summed E-state index contributed by atoms with van der Waals surface area (Å²) in [5.74, 6) is 0.863. The fourth-order valence-corrected chi connectivity index (χ4v) is 1.84. The van der Waals surface area contributed by atoms with Gasteiger partial charge in [-0.15, -0.1) is 0 Å². The number of ether oxygens (including phenoxy) is 2. The summed E-state index contributed by atoms with van der Waals surface area (Å²) in [5.41, 5.74) is 0. The molecule has 0 fully saturated rings. The Morgan fingerprint density at radius 1 is 1.11 bits per heavy atom. The summed E-state index contributed by atoms with van der Waals surface area (Å²) < 4.78 is 12.0. The highest BCUT2D eigenvalue weighted by atomic mass is 79.9. The number of halogens is 1. The standard InChI is InChI=1S/C14H22BrNO2/c1-2-3-8-16-9-10-17-11-12-18-14-7-5-4-6-13(14)15/h4-7,16H,2-3,8-12H2,1H3. The fraction of sp³-hybridized carbons (Fsp3) is 0.571. The molecule has 0 heterocycles. The van der Waals surface area contributed by atoms with Crippen molar-refractivity contribution in [3.63, 3.8) is 0 Å². The molecule has 0 saturated heterocycles. The van der Waals surface area contributed by atoms with E-state index in [1.165, 1.54) is 12.8 Å². The van der Waals surface area contributed by atoms with E-state index >= 15 is 0 Å². The van der Waals surface area contributed by atoms with Gasteiger partial charge in [-0.1, -0.05) is 25.5 Å². The van der Waals surface area contributed by atoms with E-state index in [-0.39, 0.29) is 0 Å². The number of hydrogen-bond donors (Lipinski definition) is 1. The van der Waals surface area contributed by atoms with E-state index in [1.807, 2.05) is 24.3 Å². The molecule has 0 radical (unpaired) electrons. The zero-order valence-electron chi connectivity index (χ0n) is 11.0. The highest BCUT2D eigenvalue weighted by Crippen LogP contribution is 2.23. The molecule has 4 heteroatoms. The number of nitrogens with one attached hydrogen (secondary N) is 1. The molecule has 18 heavy (non-hydrogen) atoms. The molecule has 0 aromatic heterocycles. The Hall–Kier alpha value is -0.580. The van der Waals surface area contributed by atoms with Gasteiger partial charge in [0.15, 0.2) is 0 Å². The second-order valence-electron chi connectivity index (χ2n) is 3.99. The van der Waals surface area contributed by atoms with Gasteiger partial charge < -0.3 is 14.8 Å². The maximum absolute atomic E-state index is 5.59. The van der Waals surface area contributed by atoms with Gasteiger partial charge in [-0.2, -0.15) is 0 Å². The number of benzene rings is 1. The van der Waals surface area contributed by atoms with E-state index < -0.39 is 0 Å². The van der Waals surface area contributed by atoms with Crippen LogP contribution in [0.2, 0.25) is 0 Å². The summed E-state index contributed by atoms with van der Waals surface area (Å²) >= 11 is 3.44. The fourth-order valence-electron chi connectivity index (χ4n) is 1.45. The molecule has 0 unspecified atom stereocenters. The van der Waals surface area contributed by atoms with Crippen molar-refractivity contribution in [2.45, 2.75) is 19.8 Å². The van der Waals surface area contributed by atoms with E-state index in [9.17, 15) is 0 Å². The number of unbranched alkanes of at least 4 members (excludes halogenated alkanes) is 1. The summed E-state index contributed by atoms with van der Waals surface area (Å²) in [6, 6.07) is 7.83. The molecule has 0 spiro atoms. The van der Waals surface area contributed by atoms with E-state index in [4.69, 9.17) is 9.47 Å². The molecule has 1 N–H and O–H groups in total. The molecule has 0 aliphatic rings. The number of para-hydroxylation sites is 1. The summed E-state index contributed by atoms with van der Waals surface area (Å²) in [5, 5.41) is 3.33. The predicted octanol–water partition coefficient (Wildman–Crippen LogP) is 3.23. The summed E-state index contributed by atoms with van der Waals surface area (Å²) in [6.45, 7) is 6.12. The second-order valence-corrected chi connectivity index (χ2v) is 4.85. The summed E-state index contributed by atoms with van der Waals surface area (Å²) in [6.07, 6.45) is 2.46. The van der Waals surface area contributed by atoms with Crippen LogP contribution in [-0.4, -0.2) is 32.9 Å². The van der Waals surface area contributed by atoms with Crippen LogP contribution in [0.1, 0.15) is 19.8 Å². The summed E-state index contributed by atoms with van der Waals surface area (Å²) in [4.78, 5) is 0. The van der Waals surface area contributed by atoms with Gasteiger partial charge in [0, 0.05) is 6.54 Å². The Bertz CT molecular complexity index is 320. The van der Waals surface area contributed by atoms with E-state index in [1.54, 1.807) is 0 Å². The van der Waals surface area contributed by atoms with Crippen molar-refractivity contribution in [1.82, 2.24) is 5.32 Å². The highest BCUT2D eigenvalue weighted by Gasteiger charge is 1.98. The smallest absolute Gasteiger partial charge is 0.133 e. The Labute approximate surface area is 118 Å². The minimum absolute atomic E-state index is 0.581. The van der Waals surface area contributed by atoms with Gasteiger partial charge in [0.1, 0.15) is 12.4 Å². The van der Waals surface area contributed by atoms with Crippen molar-refractivity contribution in [2.24, 2.45) is 0 Å². The van der Waals surface area contributed by atoms with Crippen LogP contribution in [0.4, 0.5) is 0 Å². The first-order valence-electron chi connectivity index (χ1n) is 6.50. The molecular weight excluding hydrogens is 294 g/mol. The quantitative estimate of drug-likeness (QED) is 0.672. The van der Waals surface area contributed by atoms with Gasteiger partial charge in [0.05, 0.1) is 17.7 Å². The first-order valence-corrected chi connectivity index (χ1v) is 7.29. The zero-order valence-corrected chi connectivity index (χ0v) is 12.5. The first kappa shape index (κ1) is 15.5. The van der Waals surface area contributed by atoms with Crippen LogP contribution >= 0.6 is 15.9 Å². The Morgan fingerprint density at radius 2 is 1.94 bits per heavy atom. The average molecular weight is 316 g/mol. The van der Waals surface area contributed by atoms with Crippen LogP contribution in [0.3, 0.4) is 0 Å². The van der Waals surface area contributed by atoms with Crippen LogP contribution in [0, 0.1) is 0 Å². The normalized spacial score (nSPS) is 10.6. The lowest BCUT2D eigenvalue weighted by Gasteiger charge is -2.09. The molecule has 0 saturated carbocycles. The molecular formula is C14H22BrNO2. The molecule has 1 rings (SSSR count). The van der Waals surface area contributed by atoms with Crippen LogP contribution < -0.4 is 10.1 Å². The SMILES string of the molecule is CCCCNCCOCCOc1ccccc1Br. The third-order valence-corrected chi connectivity index (χ3v) is 3.11. The zero-order chi connectivity index (χ0) is 13.1. The van der Waals surface area contributed by atoms with E-state index in [2.05, 4.69) is 28.2 Å². The minimum atomic E-state index is 0.581. The van der Waals surface area contributed by atoms with Gasteiger partial charge in [0.2, 0.25) is 0 Å². The Kier molecular flexibility index (Phi) is 8.90. The van der Waals surface area contributed by atoms with Gasteiger partial charge in [-0.05, 0) is 41.0 Å². The van der Waals surface area contributed by atoms with Crippen molar-refractivity contribution < 1.29 is 9.47 Å². The topological polar surface area (TPSA) is 30.5 Å². The molecule has 3 nitrogen and oxygen atoms in total. The molecule has 102 valence electrons. The number of hydrogen-bond acceptors (Lipinski definition) is 3. The van der Waals surface area contributed by atoms with Crippen LogP contribution in [0.25, 0.3) is 0 Å². The molecule has 0 aliphatic heterocycles. The Balaban J connectivity index is 1.94. The maximum atomic E-state index is 5.59. The first-order chi connectivity index (χ1) is 8.84. The van der Waals surface area contributed by atoms with Crippen molar-refractivity contribution in [3.05, 3.63) is 28.7 Å². The van der Waals surface area contributed by atoms with Crippen molar-refractivity contribution >= 4 is 15.9 Å². The molecule has 0 aliphatic carbocycles. The van der Waals surface area contributed by atoms with Gasteiger partial charge in [0.25, 0.3) is 0 Å². The lowest BCUT2D eigenvalue weighted by molar-refractivity contribution is 0.101. The summed E-state index contributed by atoms with van der Waals surface area (Å²) in [7, 11) is 0. The highest BCUT2D eigenvalue weighted by molar-refractivity contribution is 9.10. The monoisotopic (exact) mass is 315 g/mol. The molecule has 1 aromatic carbocycles. The third kappa shape index (κ3) is 6.99.